The van der Waals surface area contributed by atoms with E-state index >= 15 is 0 Å². The van der Waals surface area contributed by atoms with Gasteiger partial charge in [0.2, 0.25) is 0 Å². The van der Waals surface area contributed by atoms with Gasteiger partial charge < -0.3 is 13.7 Å². The molecular weight excluding hydrogens is 1000 g/mol. The van der Waals surface area contributed by atoms with E-state index in [4.69, 9.17) is 0 Å². The lowest BCUT2D eigenvalue weighted by Gasteiger charge is -2.61. The molecular formula is C80H57N3. The van der Waals surface area contributed by atoms with Crippen LogP contribution >= 0.6 is 0 Å². The molecule has 20 rings (SSSR count). The third-order valence-electron chi connectivity index (χ3n) is 20.8. The van der Waals surface area contributed by atoms with Gasteiger partial charge in [0.15, 0.2) is 0 Å². The second-order valence-corrected chi connectivity index (χ2v) is 24.9. The minimum Gasteiger partial charge on any atom is -0.309 e. The molecule has 5 aliphatic carbocycles. The normalized spacial score (nSPS) is 19.6. The summed E-state index contributed by atoms with van der Waals surface area (Å²) in [7, 11) is 0. The summed E-state index contributed by atoms with van der Waals surface area (Å²) in [6.45, 7) is 0. The Morgan fingerprint density at radius 3 is 1.33 bits per heavy atom. The summed E-state index contributed by atoms with van der Waals surface area (Å²) in [5.74, 6) is 3.29. The first-order valence-corrected chi connectivity index (χ1v) is 30.1. The quantitative estimate of drug-likeness (QED) is 0.158. The van der Waals surface area contributed by atoms with Crippen molar-refractivity contribution in [2.45, 2.75) is 37.5 Å². The SMILES string of the molecule is c1ccc(-n2c3cc(-c4ccc5c(c4)C4(c6ccccc6-5)C5CC6CC(C5)CC4C6)ccc3c3ccc(-n4c5ccccc5c5ccc(-c6ccc7c8ccccc8n(-c8ccc(-c9ccc%10ccccc%10c9)cc8)c7c6)cc54)cc32)cc1. The Bertz CT molecular complexity index is 5190. The predicted octanol–water partition coefficient (Wildman–Crippen LogP) is 20.9. The number of fused-ring (bicyclic) bond motifs is 13. The van der Waals surface area contributed by atoms with Gasteiger partial charge >= 0.3 is 0 Å². The first-order chi connectivity index (χ1) is 41.1. The molecule has 0 amide bonds. The zero-order valence-corrected chi connectivity index (χ0v) is 46.0. The Morgan fingerprint density at radius 2 is 0.675 bits per heavy atom. The van der Waals surface area contributed by atoms with Gasteiger partial charge in [0.1, 0.15) is 0 Å². The van der Waals surface area contributed by atoms with Crippen molar-refractivity contribution in [3.05, 3.63) is 272 Å². The van der Waals surface area contributed by atoms with E-state index in [9.17, 15) is 0 Å². The summed E-state index contributed by atoms with van der Waals surface area (Å²) in [6.07, 6.45) is 7.02. The molecule has 0 radical (unpaired) electrons. The second-order valence-electron chi connectivity index (χ2n) is 24.9. The Hall–Kier alpha value is -9.70. The fraction of sp³-hybridized carbons (Fsp3) is 0.125. The molecule has 83 heavy (non-hydrogen) atoms. The number of aromatic nitrogens is 3. The Morgan fingerprint density at radius 1 is 0.253 bits per heavy atom. The maximum Gasteiger partial charge on any atom is 0.0561 e. The van der Waals surface area contributed by atoms with Crippen LogP contribution in [0, 0.1) is 23.7 Å². The third-order valence-corrected chi connectivity index (χ3v) is 20.8. The molecule has 15 aromatic rings. The molecule has 0 aliphatic heterocycles. The van der Waals surface area contributed by atoms with Gasteiger partial charge in [-0.05, 0) is 201 Å². The van der Waals surface area contributed by atoms with Gasteiger partial charge in [-0.15, -0.1) is 0 Å². The van der Waals surface area contributed by atoms with Crippen molar-refractivity contribution >= 4 is 76.2 Å². The van der Waals surface area contributed by atoms with Crippen molar-refractivity contribution in [1.29, 1.82) is 0 Å². The summed E-state index contributed by atoms with van der Waals surface area (Å²) >= 11 is 0. The highest BCUT2D eigenvalue weighted by molar-refractivity contribution is 6.14. The Balaban J connectivity index is 0.744. The lowest BCUT2D eigenvalue weighted by atomic mass is 9.43. The van der Waals surface area contributed by atoms with Crippen molar-refractivity contribution in [1.82, 2.24) is 13.7 Å². The average molecular weight is 1060 g/mol. The van der Waals surface area contributed by atoms with E-state index in [0.29, 0.717) is 0 Å². The number of benzene rings is 12. The molecule has 1 spiro atoms. The molecule has 0 atom stereocenters. The molecule has 12 aromatic carbocycles. The molecule has 0 unspecified atom stereocenters. The van der Waals surface area contributed by atoms with Crippen molar-refractivity contribution in [2.24, 2.45) is 23.7 Å². The fourth-order valence-electron chi connectivity index (χ4n) is 17.5. The minimum absolute atomic E-state index is 0.130. The van der Waals surface area contributed by atoms with Gasteiger partial charge in [-0.1, -0.05) is 182 Å². The van der Waals surface area contributed by atoms with Crippen molar-refractivity contribution in [2.75, 3.05) is 0 Å². The first-order valence-electron chi connectivity index (χ1n) is 30.1. The topological polar surface area (TPSA) is 14.8 Å². The minimum atomic E-state index is 0.130. The van der Waals surface area contributed by atoms with Crippen LogP contribution < -0.4 is 0 Å². The standard InChI is InChI=1S/C80H57N3/c1-2-14-61(15-3-1)82-77-45-56(55-26-33-65-64-16-6-9-19-72(64)80(73(65)44-55)59-39-49-38-50(41-59)42-60(80)40-49)27-36-70(77)71-37-32-63(48-79(71)82)83-75-21-11-8-18-67(75)69-35-29-58(47-78(69)83)57-28-34-68-66-17-7-10-20-74(66)81(76(68)46-57)62-30-24-52(25-31-62)54-23-22-51-12-4-5-13-53(51)43-54/h1-37,43-50,59-60H,38-42H2. The van der Waals surface area contributed by atoms with Crippen LogP contribution in [-0.4, -0.2) is 13.7 Å². The molecule has 392 valence electrons. The zero-order chi connectivity index (χ0) is 54.1. The maximum absolute atomic E-state index is 2.65. The second kappa shape index (κ2) is 17.2. The van der Waals surface area contributed by atoms with E-state index in [1.165, 1.54) is 153 Å². The van der Waals surface area contributed by atoms with Gasteiger partial charge in [0.25, 0.3) is 0 Å². The van der Waals surface area contributed by atoms with Crippen LogP contribution in [0.25, 0.3) is 138 Å². The number of para-hydroxylation sites is 3. The molecule has 5 aliphatic rings. The first kappa shape index (κ1) is 46.0. The molecule has 3 heterocycles. The fourth-order valence-corrected chi connectivity index (χ4v) is 17.5. The average Bonchev–Trinajstić information content (AvgIpc) is 2.34. The van der Waals surface area contributed by atoms with Crippen LogP contribution in [-0.2, 0) is 5.41 Å². The zero-order valence-electron chi connectivity index (χ0n) is 46.0. The van der Waals surface area contributed by atoms with Gasteiger partial charge in [-0.2, -0.15) is 0 Å². The Labute approximate surface area is 481 Å². The van der Waals surface area contributed by atoms with Crippen LogP contribution in [0.1, 0.15) is 43.2 Å². The monoisotopic (exact) mass is 1060 g/mol. The van der Waals surface area contributed by atoms with Crippen LogP contribution in [0.15, 0.2) is 261 Å². The summed E-state index contributed by atoms with van der Waals surface area (Å²) < 4.78 is 7.47. The van der Waals surface area contributed by atoms with Crippen LogP contribution in [0.5, 0.6) is 0 Å². The highest BCUT2D eigenvalue weighted by Crippen LogP contribution is 2.69. The van der Waals surface area contributed by atoms with Gasteiger partial charge in [0, 0.05) is 54.8 Å². The van der Waals surface area contributed by atoms with E-state index in [2.05, 4.69) is 275 Å². The van der Waals surface area contributed by atoms with Crippen molar-refractivity contribution in [3.63, 3.8) is 0 Å². The largest absolute Gasteiger partial charge is 0.309 e. The maximum atomic E-state index is 2.65. The Kier molecular flexibility index (Phi) is 9.51. The van der Waals surface area contributed by atoms with E-state index in [1.54, 1.807) is 11.1 Å². The molecule has 4 saturated carbocycles. The van der Waals surface area contributed by atoms with Crippen molar-refractivity contribution < 1.29 is 0 Å². The highest BCUT2D eigenvalue weighted by atomic mass is 15.0. The van der Waals surface area contributed by atoms with E-state index in [0.717, 1.165) is 40.7 Å². The van der Waals surface area contributed by atoms with Crippen LogP contribution in [0.3, 0.4) is 0 Å². The van der Waals surface area contributed by atoms with Crippen LogP contribution in [0.4, 0.5) is 0 Å². The van der Waals surface area contributed by atoms with E-state index in [1.807, 2.05) is 0 Å². The number of hydrogen-bond donors (Lipinski definition) is 0. The number of nitrogens with zero attached hydrogens (tertiary/aromatic N) is 3. The lowest BCUT2D eigenvalue weighted by molar-refractivity contribution is -0.0399. The molecule has 0 saturated heterocycles. The molecule has 0 N–H and O–H groups in total. The smallest absolute Gasteiger partial charge is 0.0561 e. The predicted molar refractivity (Wildman–Crippen MR) is 347 cm³/mol. The summed E-state index contributed by atoms with van der Waals surface area (Å²) in [5.41, 5.74) is 24.4. The summed E-state index contributed by atoms with van der Waals surface area (Å²) in [6, 6.07) is 98.9. The van der Waals surface area contributed by atoms with Gasteiger partial charge in [0.05, 0.1) is 33.1 Å². The third kappa shape index (κ3) is 6.51. The summed E-state index contributed by atoms with van der Waals surface area (Å²) in [4.78, 5) is 0. The lowest BCUT2D eigenvalue weighted by Crippen LogP contribution is -2.55. The summed E-state index contributed by atoms with van der Waals surface area (Å²) in [5, 5.41) is 10.0. The molecule has 3 nitrogen and oxygen atoms in total. The highest BCUT2D eigenvalue weighted by Gasteiger charge is 2.61. The number of hydrogen-bond acceptors (Lipinski definition) is 0. The van der Waals surface area contributed by atoms with Crippen molar-refractivity contribution in [3.8, 4) is 61.6 Å². The van der Waals surface area contributed by atoms with Gasteiger partial charge in [-0.3, -0.25) is 0 Å². The van der Waals surface area contributed by atoms with Crippen LogP contribution in [0.2, 0.25) is 0 Å². The van der Waals surface area contributed by atoms with Gasteiger partial charge in [-0.25, -0.2) is 0 Å². The number of rotatable bonds is 6. The van der Waals surface area contributed by atoms with E-state index < -0.39 is 0 Å². The molecule has 3 heteroatoms. The molecule has 4 bridgehead atoms. The van der Waals surface area contributed by atoms with E-state index in [-0.39, 0.29) is 5.41 Å². The molecule has 3 aromatic heterocycles. The molecule has 4 fully saturated rings.